The predicted octanol–water partition coefficient (Wildman–Crippen LogP) is 4.98. The van der Waals surface area contributed by atoms with E-state index in [1.165, 1.54) is 16.7 Å². The van der Waals surface area contributed by atoms with Crippen LogP contribution in [0.25, 0.3) is 5.57 Å². The van der Waals surface area contributed by atoms with E-state index in [4.69, 9.17) is 4.74 Å². The van der Waals surface area contributed by atoms with Gasteiger partial charge in [-0.1, -0.05) is 61.6 Å². The summed E-state index contributed by atoms with van der Waals surface area (Å²) in [5, 5.41) is 0. The standard InChI is InChI=1S/C17H22O/c1-5-16(17-9-7-6-8-10-17)12-11-14(2)13-15(3)18-4/h6-12H,3,5,13H2,1-2,4H3/b14-11+,16-12+. The third kappa shape index (κ3) is 4.62. The first kappa shape index (κ1) is 14.3. The number of rotatable bonds is 6. The van der Waals surface area contributed by atoms with Crippen LogP contribution in [-0.2, 0) is 4.74 Å². The van der Waals surface area contributed by atoms with Gasteiger partial charge in [0.15, 0.2) is 0 Å². The summed E-state index contributed by atoms with van der Waals surface area (Å²) < 4.78 is 5.08. The quantitative estimate of drug-likeness (QED) is 0.505. The average molecular weight is 242 g/mol. The summed E-state index contributed by atoms with van der Waals surface area (Å²) >= 11 is 0. The van der Waals surface area contributed by atoms with Crippen LogP contribution in [0.5, 0.6) is 0 Å². The molecule has 0 saturated heterocycles. The number of allylic oxidation sites excluding steroid dienone is 4. The summed E-state index contributed by atoms with van der Waals surface area (Å²) in [5.74, 6) is 0.801. The van der Waals surface area contributed by atoms with E-state index in [-0.39, 0.29) is 0 Å². The lowest BCUT2D eigenvalue weighted by molar-refractivity contribution is 0.285. The number of hydrogen-bond donors (Lipinski definition) is 0. The summed E-state index contributed by atoms with van der Waals surface area (Å²) in [4.78, 5) is 0. The van der Waals surface area contributed by atoms with Crippen LogP contribution >= 0.6 is 0 Å². The molecule has 1 aromatic rings. The van der Waals surface area contributed by atoms with E-state index < -0.39 is 0 Å². The minimum atomic E-state index is 0.790. The molecule has 1 nitrogen and oxygen atoms in total. The molecule has 96 valence electrons. The molecule has 0 atom stereocenters. The molecule has 0 aromatic heterocycles. The number of ether oxygens (including phenoxy) is 1. The van der Waals surface area contributed by atoms with Crippen molar-refractivity contribution in [3.63, 3.8) is 0 Å². The zero-order valence-corrected chi connectivity index (χ0v) is 11.6. The first-order valence-electron chi connectivity index (χ1n) is 6.31. The van der Waals surface area contributed by atoms with Gasteiger partial charge in [0.25, 0.3) is 0 Å². The monoisotopic (exact) mass is 242 g/mol. The highest BCUT2D eigenvalue weighted by Crippen LogP contribution is 2.18. The molecule has 0 aliphatic carbocycles. The Morgan fingerprint density at radius 3 is 2.44 bits per heavy atom. The van der Waals surface area contributed by atoms with Crippen LogP contribution in [0.3, 0.4) is 0 Å². The van der Waals surface area contributed by atoms with Gasteiger partial charge in [0.05, 0.1) is 12.9 Å². The van der Waals surface area contributed by atoms with Crippen molar-refractivity contribution in [2.24, 2.45) is 0 Å². The summed E-state index contributed by atoms with van der Waals surface area (Å²) in [6, 6.07) is 10.5. The second-order valence-corrected chi connectivity index (χ2v) is 4.34. The Balaban J connectivity index is 2.80. The molecule has 1 heteroatoms. The van der Waals surface area contributed by atoms with Crippen molar-refractivity contribution >= 4 is 5.57 Å². The van der Waals surface area contributed by atoms with Crippen LogP contribution in [0.4, 0.5) is 0 Å². The van der Waals surface area contributed by atoms with E-state index in [1.807, 2.05) is 6.07 Å². The first-order valence-corrected chi connectivity index (χ1v) is 6.31. The molecule has 0 amide bonds. The van der Waals surface area contributed by atoms with Gasteiger partial charge >= 0.3 is 0 Å². The molecule has 0 unspecified atom stereocenters. The first-order chi connectivity index (χ1) is 8.67. The van der Waals surface area contributed by atoms with E-state index >= 15 is 0 Å². The fraction of sp³-hybridized carbons (Fsp3) is 0.294. The van der Waals surface area contributed by atoms with Crippen molar-refractivity contribution < 1.29 is 4.74 Å². The Labute approximate surface area is 110 Å². The Morgan fingerprint density at radius 2 is 1.89 bits per heavy atom. The van der Waals surface area contributed by atoms with E-state index in [0.717, 1.165) is 18.6 Å². The van der Waals surface area contributed by atoms with Crippen molar-refractivity contribution in [1.82, 2.24) is 0 Å². The Hall–Kier alpha value is -1.76. The number of hydrogen-bond acceptors (Lipinski definition) is 1. The normalized spacial score (nSPS) is 12.4. The lowest BCUT2D eigenvalue weighted by atomic mass is 10.0. The molecule has 18 heavy (non-hydrogen) atoms. The molecular weight excluding hydrogens is 220 g/mol. The molecule has 0 saturated carbocycles. The summed E-state index contributed by atoms with van der Waals surface area (Å²) in [5.41, 5.74) is 3.89. The highest BCUT2D eigenvalue weighted by molar-refractivity contribution is 5.66. The molecule has 0 bridgehead atoms. The molecule has 0 fully saturated rings. The maximum absolute atomic E-state index is 5.08. The smallest absolute Gasteiger partial charge is 0.0924 e. The molecule has 0 radical (unpaired) electrons. The molecule has 0 aliphatic heterocycles. The van der Waals surface area contributed by atoms with Crippen molar-refractivity contribution in [2.75, 3.05) is 7.11 Å². The predicted molar refractivity (Wildman–Crippen MR) is 79.2 cm³/mol. The highest BCUT2D eigenvalue weighted by atomic mass is 16.5. The van der Waals surface area contributed by atoms with E-state index in [9.17, 15) is 0 Å². The van der Waals surface area contributed by atoms with Crippen molar-refractivity contribution in [2.45, 2.75) is 26.7 Å². The summed E-state index contributed by atoms with van der Waals surface area (Å²) in [6.07, 6.45) is 6.15. The maximum Gasteiger partial charge on any atom is 0.0924 e. The van der Waals surface area contributed by atoms with Crippen LogP contribution in [0.2, 0.25) is 0 Å². The van der Waals surface area contributed by atoms with Crippen molar-refractivity contribution in [3.8, 4) is 0 Å². The van der Waals surface area contributed by atoms with E-state index in [2.05, 4.69) is 56.8 Å². The highest BCUT2D eigenvalue weighted by Gasteiger charge is 1.97. The molecule has 1 rings (SSSR count). The minimum absolute atomic E-state index is 0.790. The van der Waals surface area contributed by atoms with E-state index in [1.54, 1.807) is 7.11 Å². The number of methoxy groups -OCH3 is 1. The Bertz CT molecular complexity index is 438. The van der Waals surface area contributed by atoms with Gasteiger partial charge in [0, 0.05) is 6.42 Å². The third-order valence-electron chi connectivity index (χ3n) is 2.86. The van der Waals surface area contributed by atoms with Gasteiger partial charge in [-0.05, 0) is 24.5 Å². The number of benzene rings is 1. The van der Waals surface area contributed by atoms with Gasteiger partial charge in [-0.15, -0.1) is 0 Å². The van der Waals surface area contributed by atoms with Crippen molar-refractivity contribution in [1.29, 1.82) is 0 Å². The lowest BCUT2D eigenvalue weighted by Crippen LogP contribution is -1.86. The molecule has 0 aliphatic rings. The van der Waals surface area contributed by atoms with Crippen LogP contribution in [0.15, 0.2) is 60.4 Å². The molecule has 0 heterocycles. The molecular formula is C17H22O. The van der Waals surface area contributed by atoms with Crippen molar-refractivity contribution in [3.05, 3.63) is 66.0 Å². The SMILES string of the molecule is C=C(C/C(C)=C/C=C(\CC)c1ccccc1)OC. The van der Waals surface area contributed by atoms with Gasteiger partial charge < -0.3 is 4.74 Å². The summed E-state index contributed by atoms with van der Waals surface area (Å²) in [7, 11) is 1.66. The van der Waals surface area contributed by atoms with E-state index in [0.29, 0.717) is 0 Å². The van der Waals surface area contributed by atoms with Gasteiger partial charge in [-0.25, -0.2) is 0 Å². The molecule has 0 N–H and O–H groups in total. The lowest BCUT2D eigenvalue weighted by Gasteiger charge is -2.05. The van der Waals surface area contributed by atoms with Crippen LogP contribution in [0.1, 0.15) is 32.3 Å². The zero-order valence-electron chi connectivity index (χ0n) is 11.6. The molecule has 0 spiro atoms. The maximum atomic E-state index is 5.08. The van der Waals surface area contributed by atoms with Crippen LogP contribution in [-0.4, -0.2) is 7.11 Å². The second-order valence-electron chi connectivity index (χ2n) is 4.34. The van der Waals surface area contributed by atoms with Gasteiger partial charge in [-0.3, -0.25) is 0 Å². The van der Waals surface area contributed by atoms with Gasteiger partial charge in [0.1, 0.15) is 0 Å². The van der Waals surface area contributed by atoms with Gasteiger partial charge in [-0.2, -0.15) is 0 Å². The van der Waals surface area contributed by atoms with Crippen LogP contribution < -0.4 is 0 Å². The average Bonchev–Trinajstić information content (AvgIpc) is 2.40. The molecule has 1 aromatic carbocycles. The largest absolute Gasteiger partial charge is 0.501 e. The Kier molecular flexibility index (Phi) is 5.99. The second kappa shape index (κ2) is 7.54. The topological polar surface area (TPSA) is 9.23 Å². The van der Waals surface area contributed by atoms with Crippen LogP contribution in [0, 0.1) is 0 Å². The summed E-state index contributed by atoms with van der Waals surface area (Å²) in [6.45, 7) is 8.11. The van der Waals surface area contributed by atoms with Gasteiger partial charge in [0.2, 0.25) is 0 Å². The Morgan fingerprint density at radius 1 is 1.22 bits per heavy atom. The minimum Gasteiger partial charge on any atom is -0.501 e. The zero-order chi connectivity index (χ0) is 13.4. The fourth-order valence-corrected chi connectivity index (χ4v) is 1.76. The third-order valence-corrected chi connectivity index (χ3v) is 2.86. The fourth-order valence-electron chi connectivity index (χ4n) is 1.76.